The summed E-state index contributed by atoms with van der Waals surface area (Å²) in [4.78, 5) is 18.0. The summed E-state index contributed by atoms with van der Waals surface area (Å²) in [6, 6.07) is 9.93. The van der Waals surface area contributed by atoms with Crippen LogP contribution in [0, 0.1) is 13.8 Å². The molecule has 0 saturated carbocycles. The van der Waals surface area contributed by atoms with Crippen LogP contribution in [0.1, 0.15) is 11.1 Å². The molecule has 0 aliphatic rings. The summed E-state index contributed by atoms with van der Waals surface area (Å²) in [5, 5.41) is 10.1. The summed E-state index contributed by atoms with van der Waals surface area (Å²) in [6.07, 6.45) is 0. The Morgan fingerprint density at radius 2 is 1.50 bits per heavy atom. The van der Waals surface area contributed by atoms with E-state index in [1.54, 1.807) is 0 Å². The average Bonchev–Trinajstić information content (AvgIpc) is 2.30. The topological polar surface area (TPSA) is 87.0 Å². The van der Waals surface area contributed by atoms with Crippen molar-refractivity contribution in [3.8, 4) is 22.6 Å². The summed E-state index contributed by atoms with van der Waals surface area (Å²) in [7, 11) is -4.70. The number of phosphoric acid groups is 1. The number of hydrogen-bond acceptors (Lipinski definition) is 3. The number of phenols is 1. The quantitative estimate of drug-likeness (QED) is 0.757. The van der Waals surface area contributed by atoms with Crippen molar-refractivity contribution in [1.29, 1.82) is 0 Å². The van der Waals surface area contributed by atoms with Crippen LogP contribution in [0.3, 0.4) is 0 Å². The number of aryl methyl sites for hydroxylation is 2. The lowest BCUT2D eigenvalue weighted by atomic mass is 9.94. The fourth-order valence-electron chi connectivity index (χ4n) is 2.18. The van der Waals surface area contributed by atoms with E-state index in [9.17, 15) is 9.67 Å². The van der Waals surface area contributed by atoms with Gasteiger partial charge in [0.05, 0.1) is 5.56 Å². The van der Waals surface area contributed by atoms with Crippen LogP contribution in [0.4, 0.5) is 0 Å². The predicted molar refractivity (Wildman–Crippen MR) is 75.7 cm³/mol. The van der Waals surface area contributed by atoms with Crippen molar-refractivity contribution < 1.29 is 24.0 Å². The maximum atomic E-state index is 11.1. The first-order chi connectivity index (χ1) is 9.29. The van der Waals surface area contributed by atoms with E-state index in [0.29, 0.717) is 5.56 Å². The summed E-state index contributed by atoms with van der Waals surface area (Å²) < 4.78 is 15.7. The van der Waals surface area contributed by atoms with Gasteiger partial charge in [0, 0.05) is 0 Å². The number of benzene rings is 2. The van der Waals surface area contributed by atoms with E-state index in [1.807, 2.05) is 32.0 Å². The SMILES string of the molecule is Cc1cccc(C)c1-c1c(O)cccc1OP(=O)(O)O. The Morgan fingerprint density at radius 3 is 2.05 bits per heavy atom. The summed E-state index contributed by atoms with van der Waals surface area (Å²) in [5.74, 6) is -0.135. The highest BCUT2D eigenvalue weighted by molar-refractivity contribution is 7.46. The molecule has 0 aliphatic heterocycles. The third kappa shape index (κ3) is 3.02. The molecule has 0 atom stereocenters. The Hall–Kier alpha value is -1.81. The van der Waals surface area contributed by atoms with Crippen molar-refractivity contribution in [2.75, 3.05) is 0 Å². The second kappa shape index (κ2) is 5.29. The van der Waals surface area contributed by atoms with E-state index < -0.39 is 7.82 Å². The molecule has 0 aromatic heterocycles. The molecule has 0 radical (unpaired) electrons. The van der Waals surface area contributed by atoms with Gasteiger partial charge in [0.25, 0.3) is 0 Å². The highest BCUT2D eigenvalue weighted by atomic mass is 31.2. The molecule has 106 valence electrons. The lowest BCUT2D eigenvalue weighted by molar-refractivity contribution is 0.283. The second-order valence-corrected chi connectivity index (χ2v) is 5.66. The molecule has 20 heavy (non-hydrogen) atoms. The van der Waals surface area contributed by atoms with Gasteiger partial charge in [0.2, 0.25) is 0 Å². The second-order valence-electron chi connectivity index (χ2n) is 4.50. The van der Waals surface area contributed by atoms with E-state index in [0.717, 1.165) is 11.1 Å². The molecule has 2 aromatic carbocycles. The van der Waals surface area contributed by atoms with Crippen molar-refractivity contribution >= 4 is 7.82 Å². The van der Waals surface area contributed by atoms with Crippen molar-refractivity contribution in [1.82, 2.24) is 0 Å². The zero-order valence-electron chi connectivity index (χ0n) is 11.1. The number of aromatic hydroxyl groups is 1. The van der Waals surface area contributed by atoms with Crippen LogP contribution in [-0.4, -0.2) is 14.9 Å². The minimum atomic E-state index is -4.70. The first-order valence-electron chi connectivity index (χ1n) is 5.93. The molecule has 5 nitrogen and oxygen atoms in total. The van der Waals surface area contributed by atoms with Gasteiger partial charge in [-0.05, 0) is 42.7 Å². The molecule has 0 spiro atoms. The van der Waals surface area contributed by atoms with Crippen LogP contribution in [-0.2, 0) is 4.57 Å². The monoisotopic (exact) mass is 294 g/mol. The molecule has 0 saturated heterocycles. The maximum absolute atomic E-state index is 11.1. The third-order valence-corrected chi connectivity index (χ3v) is 3.39. The van der Waals surface area contributed by atoms with Crippen LogP contribution >= 0.6 is 7.82 Å². The summed E-state index contributed by atoms with van der Waals surface area (Å²) in [6.45, 7) is 3.71. The lowest BCUT2D eigenvalue weighted by Gasteiger charge is -2.16. The van der Waals surface area contributed by atoms with Gasteiger partial charge >= 0.3 is 7.82 Å². The first kappa shape index (κ1) is 14.6. The molecule has 0 heterocycles. The Bertz CT molecular complexity index is 670. The van der Waals surface area contributed by atoms with Gasteiger partial charge in [-0.1, -0.05) is 24.3 Å². The van der Waals surface area contributed by atoms with E-state index in [2.05, 4.69) is 4.52 Å². The van der Waals surface area contributed by atoms with Crippen LogP contribution < -0.4 is 4.52 Å². The van der Waals surface area contributed by atoms with Crippen LogP contribution in [0.5, 0.6) is 11.5 Å². The van der Waals surface area contributed by atoms with Gasteiger partial charge in [0.1, 0.15) is 11.5 Å². The molecule has 0 amide bonds. The van der Waals surface area contributed by atoms with Crippen molar-refractivity contribution in [2.45, 2.75) is 13.8 Å². The highest BCUT2D eigenvalue weighted by Crippen LogP contribution is 2.46. The summed E-state index contributed by atoms with van der Waals surface area (Å²) in [5.41, 5.74) is 2.74. The van der Waals surface area contributed by atoms with Gasteiger partial charge in [-0.25, -0.2) is 4.57 Å². The number of hydrogen-bond donors (Lipinski definition) is 3. The first-order valence-corrected chi connectivity index (χ1v) is 7.46. The largest absolute Gasteiger partial charge is 0.524 e. The predicted octanol–water partition coefficient (Wildman–Crippen LogP) is 3.15. The maximum Gasteiger partial charge on any atom is 0.524 e. The molecule has 6 heteroatoms. The van der Waals surface area contributed by atoms with Crippen molar-refractivity contribution in [3.63, 3.8) is 0 Å². The Balaban J connectivity index is 2.70. The van der Waals surface area contributed by atoms with Gasteiger partial charge in [0.15, 0.2) is 0 Å². The molecule has 0 unspecified atom stereocenters. The van der Waals surface area contributed by atoms with Gasteiger partial charge in [-0.15, -0.1) is 0 Å². The lowest BCUT2D eigenvalue weighted by Crippen LogP contribution is -1.95. The van der Waals surface area contributed by atoms with Gasteiger partial charge < -0.3 is 9.63 Å². The van der Waals surface area contributed by atoms with Crippen LogP contribution in [0.25, 0.3) is 11.1 Å². The van der Waals surface area contributed by atoms with Gasteiger partial charge in [-0.2, -0.15) is 0 Å². The third-order valence-electron chi connectivity index (χ3n) is 2.95. The Kier molecular flexibility index (Phi) is 3.86. The minimum absolute atomic E-state index is 0.0456. The van der Waals surface area contributed by atoms with E-state index >= 15 is 0 Å². The molecule has 0 fully saturated rings. The molecule has 3 N–H and O–H groups in total. The molecule has 2 aromatic rings. The zero-order chi connectivity index (χ0) is 14.9. The molecule has 2 rings (SSSR count). The van der Waals surface area contributed by atoms with Crippen molar-refractivity contribution in [2.24, 2.45) is 0 Å². The molecular formula is C14H15O5P. The number of phosphoric ester groups is 1. The van der Waals surface area contributed by atoms with E-state index in [1.165, 1.54) is 18.2 Å². The van der Waals surface area contributed by atoms with Crippen molar-refractivity contribution in [3.05, 3.63) is 47.5 Å². The molecule has 0 bridgehead atoms. The highest BCUT2D eigenvalue weighted by Gasteiger charge is 2.22. The normalized spacial score (nSPS) is 11.4. The fourth-order valence-corrected chi connectivity index (χ4v) is 2.59. The van der Waals surface area contributed by atoms with E-state index in [4.69, 9.17) is 9.79 Å². The standard InChI is InChI=1S/C14H15O5P/c1-9-5-3-6-10(2)13(9)14-11(15)7-4-8-12(14)19-20(16,17)18/h3-8,15H,1-2H3,(H2,16,17,18). The van der Waals surface area contributed by atoms with Crippen LogP contribution in [0.2, 0.25) is 0 Å². The minimum Gasteiger partial charge on any atom is -0.507 e. The number of rotatable bonds is 3. The average molecular weight is 294 g/mol. The van der Waals surface area contributed by atoms with E-state index in [-0.39, 0.29) is 17.1 Å². The Labute approximate surface area is 116 Å². The van der Waals surface area contributed by atoms with Gasteiger partial charge in [-0.3, -0.25) is 9.79 Å². The van der Waals surface area contributed by atoms with Crippen LogP contribution in [0.15, 0.2) is 36.4 Å². The number of phenolic OH excluding ortho intramolecular Hbond substituents is 1. The Morgan fingerprint density at radius 1 is 0.950 bits per heavy atom. The smallest absolute Gasteiger partial charge is 0.507 e. The molecule has 0 aliphatic carbocycles. The fraction of sp³-hybridized carbons (Fsp3) is 0.143. The zero-order valence-corrected chi connectivity index (χ0v) is 12.0. The summed E-state index contributed by atoms with van der Waals surface area (Å²) >= 11 is 0. The molecular weight excluding hydrogens is 279 g/mol.